The summed E-state index contributed by atoms with van der Waals surface area (Å²) in [7, 11) is 0. The number of aryl methyl sites for hydroxylation is 1. The summed E-state index contributed by atoms with van der Waals surface area (Å²) >= 11 is 0. The maximum atomic E-state index is 14.0. The van der Waals surface area contributed by atoms with E-state index in [1.165, 1.54) is 6.40 Å². The molecule has 1 spiro atoms. The van der Waals surface area contributed by atoms with E-state index in [1.807, 2.05) is 12.1 Å². The highest BCUT2D eigenvalue weighted by Gasteiger charge is 2.59. The number of rotatable bonds is 0. The van der Waals surface area contributed by atoms with Gasteiger partial charge in [-0.1, -0.05) is 24.3 Å². The van der Waals surface area contributed by atoms with Gasteiger partial charge in [-0.25, -0.2) is 4.99 Å². The van der Waals surface area contributed by atoms with E-state index < -0.39 is 18.1 Å². The van der Waals surface area contributed by atoms with Gasteiger partial charge in [0.2, 0.25) is 0 Å². The highest BCUT2D eigenvalue weighted by molar-refractivity contribution is 5.54. The average molecular weight is 223 g/mol. The van der Waals surface area contributed by atoms with Gasteiger partial charge >= 0.3 is 5.92 Å². The largest absolute Gasteiger partial charge is 0.477 e. The molecule has 0 saturated carbocycles. The number of benzene rings is 1. The van der Waals surface area contributed by atoms with Crippen LogP contribution in [-0.2, 0) is 16.7 Å². The fraction of sp³-hybridized carbons (Fsp3) is 0.417. The molecule has 3 rings (SSSR count). The standard InChI is InChI=1S/C12H11F2NO/c13-12(14)7-16-8-15-11(12)6-5-9-3-1-2-4-10(9)11/h1-4,8H,5-7H2/t11-/m1/s1. The topological polar surface area (TPSA) is 21.6 Å². The van der Waals surface area contributed by atoms with Gasteiger partial charge in [-0.2, -0.15) is 8.78 Å². The first kappa shape index (κ1) is 9.75. The van der Waals surface area contributed by atoms with Gasteiger partial charge in [-0.05, 0) is 24.0 Å². The fourth-order valence-corrected chi connectivity index (χ4v) is 2.59. The Bertz CT molecular complexity index is 458. The SMILES string of the molecule is FC1(F)COC=N[C@@]12CCc1ccccc12. The molecule has 0 saturated heterocycles. The smallest absolute Gasteiger partial charge is 0.310 e. The Balaban J connectivity index is 2.20. The monoisotopic (exact) mass is 223 g/mol. The van der Waals surface area contributed by atoms with Gasteiger partial charge in [0.25, 0.3) is 0 Å². The predicted octanol–water partition coefficient (Wildman–Crippen LogP) is 2.52. The van der Waals surface area contributed by atoms with Crippen molar-refractivity contribution in [3.8, 4) is 0 Å². The molecule has 1 aromatic rings. The van der Waals surface area contributed by atoms with Crippen LogP contribution in [0.2, 0.25) is 0 Å². The molecule has 0 unspecified atom stereocenters. The minimum Gasteiger partial charge on any atom is -0.477 e. The van der Waals surface area contributed by atoms with E-state index in [0.717, 1.165) is 5.56 Å². The van der Waals surface area contributed by atoms with Crippen molar-refractivity contribution < 1.29 is 13.5 Å². The Morgan fingerprint density at radius 3 is 2.88 bits per heavy atom. The van der Waals surface area contributed by atoms with Crippen molar-refractivity contribution in [1.82, 2.24) is 0 Å². The van der Waals surface area contributed by atoms with Crippen LogP contribution in [0.3, 0.4) is 0 Å². The molecule has 1 atom stereocenters. The summed E-state index contributed by atoms with van der Waals surface area (Å²) in [4.78, 5) is 3.96. The molecule has 0 bridgehead atoms. The summed E-state index contributed by atoms with van der Waals surface area (Å²) in [6.07, 6.45) is 2.18. The van der Waals surface area contributed by atoms with Crippen LogP contribution < -0.4 is 0 Å². The van der Waals surface area contributed by atoms with Gasteiger partial charge in [0, 0.05) is 0 Å². The summed E-state index contributed by atoms with van der Waals surface area (Å²) in [6.45, 7) is -0.579. The van der Waals surface area contributed by atoms with Gasteiger partial charge in [0.05, 0.1) is 0 Å². The van der Waals surface area contributed by atoms with Gasteiger partial charge in [0.15, 0.2) is 18.5 Å². The first-order chi connectivity index (χ1) is 7.66. The zero-order valence-corrected chi connectivity index (χ0v) is 8.62. The molecule has 2 nitrogen and oxygen atoms in total. The molecule has 4 heteroatoms. The summed E-state index contributed by atoms with van der Waals surface area (Å²) in [5.41, 5.74) is 0.239. The minimum absolute atomic E-state index is 0.360. The Labute approximate surface area is 91.9 Å². The van der Waals surface area contributed by atoms with Gasteiger partial charge < -0.3 is 4.74 Å². The lowest BCUT2D eigenvalue weighted by atomic mass is 9.85. The zero-order valence-electron chi connectivity index (χ0n) is 8.62. The quantitative estimate of drug-likeness (QED) is 0.662. The van der Waals surface area contributed by atoms with E-state index in [-0.39, 0.29) is 0 Å². The van der Waals surface area contributed by atoms with Crippen LogP contribution in [-0.4, -0.2) is 18.9 Å². The lowest BCUT2D eigenvalue weighted by Crippen LogP contribution is -2.48. The molecule has 1 aromatic carbocycles. The van der Waals surface area contributed by atoms with E-state index in [2.05, 4.69) is 9.73 Å². The molecule has 0 N–H and O–H groups in total. The molecule has 0 aromatic heterocycles. The molecule has 84 valence electrons. The zero-order chi connectivity index (χ0) is 11.2. The lowest BCUT2D eigenvalue weighted by Gasteiger charge is -2.36. The third-order valence-electron chi connectivity index (χ3n) is 3.44. The number of alkyl halides is 2. The van der Waals surface area contributed by atoms with Gasteiger partial charge in [0.1, 0.15) is 0 Å². The van der Waals surface area contributed by atoms with Gasteiger partial charge in [-0.3, -0.25) is 0 Å². The molecule has 1 heterocycles. The van der Waals surface area contributed by atoms with E-state index in [0.29, 0.717) is 18.4 Å². The second kappa shape index (κ2) is 3.03. The van der Waals surface area contributed by atoms with Crippen LogP contribution in [0.4, 0.5) is 8.78 Å². The van der Waals surface area contributed by atoms with Crippen molar-refractivity contribution >= 4 is 6.40 Å². The Hall–Kier alpha value is -1.45. The Morgan fingerprint density at radius 1 is 1.25 bits per heavy atom. The third-order valence-corrected chi connectivity index (χ3v) is 3.44. The third kappa shape index (κ3) is 1.07. The molecule has 2 aliphatic rings. The Kier molecular flexibility index (Phi) is 1.85. The average Bonchev–Trinajstić information content (AvgIpc) is 2.64. The van der Waals surface area contributed by atoms with Crippen LogP contribution in [0.15, 0.2) is 29.3 Å². The number of ether oxygens (including phenoxy) is 1. The number of fused-ring (bicyclic) bond motifs is 2. The number of nitrogens with zero attached hydrogens (tertiary/aromatic N) is 1. The molecular weight excluding hydrogens is 212 g/mol. The van der Waals surface area contributed by atoms with Gasteiger partial charge in [-0.15, -0.1) is 0 Å². The van der Waals surface area contributed by atoms with Crippen molar-refractivity contribution in [1.29, 1.82) is 0 Å². The summed E-state index contributed by atoms with van der Waals surface area (Å²) in [5.74, 6) is -2.92. The van der Waals surface area contributed by atoms with E-state index >= 15 is 0 Å². The Morgan fingerprint density at radius 2 is 2.06 bits per heavy atom. The van der Waals surface area contributed by atoms with Crippen LogP contribution >= 0.6 is 0 Å². The highest BCUT2D eigenvalue weighted by Crippen LogP contribution is 2.51. The first-order valence-corrected chi connectivity index (χ1v) is 5.27. The number of aliphatic imine (C=N–C) groups is 1. The first-order valence-electron chi connectivity index (χ1n) is 5.27. The second-order valence-electron chi connectivity index (χ2n) is 4.27. The maximum Gasteiger partial charge on any atom is 0.310 e. The highest BCUT2D eigenvalue weighted by atomic mass is 19.3. The van der Waals surface area contributed by atoms with E-state index in [4.69, 9.17) is 0 Å². The summed E-state index contributed by atoms with van der Waals surface area (Å²) in [5, 5.41) is 0. The van der Waals surface area contributed by atoms with E-state index in [9.17, 15) is 8.78 Å². The number of halogens is 2. The van der Waals surface area contributed by atoms with Crippen LogP contribution in [0.1, 0.15) is 17.5 Å². The normalized spacial score (nSPS) is 30.1. The lowest BCUT2D eigenvalue weighted by molar-refractivity contribution is -0.118. The molecule has 1 aliphatic carbocycles. The van der Waals surface area contributed by atoms with Crippen molar-refractivity contribution in [2.24, 2.45) is 4.99 Å². The molecular formula is C12H11F2NO. The second-order valence-corrected chi connectivity index (χ2v) is 4.27. The molecule has 0 radical (unpaired) electrons. The minimum atomic E-state index is -2.92. The molecule has 1 aliphatic heterocycles. The van der Waals surface area contributed by atoms with Crippen molar-refractivity contribution in [2.45, 2.75) is 24.3 Å². The van der Waals surface area contributed by atoms with Crippen LogP contribution in [0.5, 0.6) is 0 Å². The van der Waals surface area contributed by atoms with Crippen molar-refractivity contribution in [2.75, 3.05) is 6.61 Å². The fourth-order valence-electron chi connectivity index (χ4n) is 2.59. The predicted molar refractivity (Wildman–Crippen MR) is 55.8 cm³/mol. The number of hydrogen-bond donors (Lipinski definition) is 0. The molecule has 16 heavy (non-hydrogen) atoms. The maximum absolute atomic E-state index is 14.0. The molecule has 0 fully saturated rings. The van der Waals surface area contributed by atoms with Crippen molar-refractivity contribution in [3.63, 3.8) is 0 Å². The van der Waals surface area contributed by atoms with E-state index in [1.54, 1.807) is 12.1 Å². The summed E-state index contributed by atoms with van der Waals surface area (Å²) in [6, 6.07) is 7.30. The summed E-state index contributed by atoms with van der Waals surface area (Å²) < 4.78 is 32.7. The molecule has 0 amide bonds. The van der Waals surface area contributed by atoms with Crippen molar-refractivity contribution in [3.05, 3.63) is 35.4 Å². The van der Waals surface area contributed by atoms with Crippen LogP contribution in [0.25, 0.3) is 0 Å². The van der Waals surface area contributed by atoms with Crippen LogP contribution in [0, 0.1) is 0 Å². The number of hydrogen-bond acceptors (Lipinski definition) is 2.